The van der Waals surface area contributed by atoms with E-state index in [2.05, 4.69) is 41.3 Å². The fraction of sp³-hybridized carbons (Fsp3) is 0.208. The number of benzene rings is 2. The number of thiophene rings is 1. The summed E-state index contributed by atoms with van der Waals surface area (Å²) >= 11 is 8.63. The summed E-state index contributed by atoms with van der Waals surface area (Å²) in [5.74, 6) is 0.378. The number of hydrogen-bond donors (Lipinski definition) is 2. The van der Waals surface area contributed by atoms with Gasteiger partial charge in [-0.05, 0) is 41.7 Å². The third kappa shape index (κ3) is 4.90. The average molecular weight is 484 g/mol. The molecule has 2 aromatic carbocycles. The smallest absolute Gasteiger partial charge is 0.260 e. The number of H-pyrrole nitrogens is 1. The van der Waals surface area contributed by atoms with Crippen molar-refractivity contribution in [1.29, 1.82) is 0 Å². The molecule has 2 aromatic heterocycles. The average Bonchev–Trinajstić information content (AvgIpc) is 3.19. The van der Waals surface area contributed by atoms with Crippen LogP contribution in [0.3, 0.4) is 0 Å². The summed E-state index contributed by atoms with van der Waals surface area (Å²) in [6, 6.07) is 13.6. The maximum atomic E-state index is 12.8. The summed E-state index contributed by atoms with van der Waals surface area (Å²) in [7, 11) is 0. The Morgan fingerprint density at radius 3 is 2.69 bits per heavy atom. The summed E-state index contributed by atoms with van der Waals surface area (Å²) in [4.78, 5) is 33.2. The van der Waals surface area contributed by atoms with Crippen LogP contribution in [0, 0.1) is 6.92 Å². The highest BCUT2D eigenvalue weighted by Crippen LogP contribution is 2.32. The molecule has 0 aliphatic rings. The van der Waals surface area contributed by atoms with Crippen molar-refractivity contribution < 1.29 is 4.79 Å². The number of hydrogen-bond acceptors (Lipinski definition) is 5. The van der Waals surface area contributed by atoms with Crippen molar-refractivity contribution in [3.8, 4) is 11.1 Å². The Morgan fingerprint density at radius 2 is 1.97 bits per heavy atom. The van der Waals surface area contributed by atoms with Crippen molar-refractivity contribution in [1.82, 2.24) is 9.97 Å². The van der Waals surface area contributed by atoms with E-state index >= 15 is 0 Å². The molecule has 0 spiro atoms. The third-order valence-electron chi connectivity index (χ3n) is 5.12. The zero-order chi connectivity index (χ0) is 22.8. The van der Waals surface area contributed by atoms with Crippen molar-refractivity contribution >= 4 is 56.5 Å². The Kier molecular flexibility index (Phi) is 6.69. The molecule has 4 rings (SSSR count). The van der Waals surface area contributed by atoms with Gasteiger partial charge in [0.1, 0.15) is 4.83 Å². The van der Waals surface area contributed by atoms with E-state index in [1.165, 1.54) is 28.7 Å². The SMILES string of the molecule is Cc1ccc(Cl)cc1NC(=O)CSc1nc2scc(-c3ccc(C(C)C)cc3)c2c(=O)[nH]1. The highest BCUT2D eigenvalue weighted by molar-refractivity contribution is 7.99. The number of aryl methyl sites for hydroxylation is 1. The molecule has 2 N–H and O–H groups in total. The van der Waals surface area contributed by atoms with Gasteiger partial charge in [0, 0.05) is 21.7 Å². The van der Waals surface area contributed by atoms with Crippen LogP contribution < -0.4 is 10.9 Å². The van der Waals surface area contributed by atoms with Crippen LogP contribution in [0.1, 0.15) is 30.9 Å². The molecule has 8 heteroatoms. The lowest BCUT2D eigenvalue weighted by atomic mass is 9.99. The molecule has 0 aliphatic carbocycles. The fourth-order valence-electron chi connectivity index (χ4n) is 3.31. The van der Waals surface area contributed by atoms with Crippen LogP contribution in [0.25, 0.3) is 21.3 Å². The number of amides is 1. The molecule has 1 amide bonds. The minimum absolute atomic E-state index is 0.120. The number of anilines is 1. The van der Waals surface area contributed by atoms with Gasteiger partial charge in [-0.2, -0.15) is 0 Å². The molecular formula is C24H22ClN3O2S2. The Labute approximate surface area is 199 Å². The van der Waals surface area contributed by atoms with Crippen LogP contribution in [0.4, 0.5) is 5.69 Å². The van der Waals surface area contributed by atoms with Gasteiger partial charge in [-0.25, -0.2) is 4.98 Å². The van der Waals surface area contributed by atoms with E-state index in [1.807, 2.05) is 30.5 Å². The second-order valence-corrected chi connectivity index (χ2v) is 10.0. The number of fused-ring (bicyclic) bond motifs is 1. The van der Waals surface area contributed by atoms with E-state index in [0.29, 0.717) is 32.0 Å². The van der Waals surface area contributed by atoms with E-state index in [9.17, 15) is 9.59 Å². The normalized spacial score (nSPS) is 11.3. The zero-order valence-corrected chi connectivity index (χ0v) is 20.3. The fourth-order valence-corrected chi connectivity index (χ4v) is 5.15. The monoisotopic (exact) mass is 483 g/mol. The van der Waals surface area contributed by atoms with Crippen LogP contribution in [-0.4, -0.2) is 21.6 Å². The van der Waals surface area contributed by atoms with Gasteiger partial charge in [-0.15, -0.1) is 11.3 Å². The first-order valence-electron chi connectivity index (χ1n) is 10.1. The Morgan fingerprint density at radius 1 is 1.22 bits per heavy atom. The molecule has 0 aliphatic heterocycles. The standard InChI is InChI=1S/C24H22ClN3O2S2/c1-13(2)15-5-7-16(8-6-15)18-11-31-23-21(18)22(30)27-24(28-23)32-12-20(29)26-19-10-17(25)9-4-14(19)3/h4-11,13H,12H2,1-3H3,(H,26,29)(H,27,28,30). The molecule has 0 saturated carbocycles. The van der Waals surface area contributed by atoms with Crippen LogP contribution in [-0.2, 0) is 4.79 Å². The first-order chi connectivity index (χ1) is 15.3. The van der Waals surface area contributed by atoms with Gasteiger partial charge in [-0.1, -0.05) is 67.5 Å². The molecule has 5 nitrogen and oxygen atoms in total. The van der Waals surface area contributed by atoms with Gasteiger partial charge in [-0.3, -0.25) is 9.59 Å². The Hall–Kier alpha value is -2.61. The second kappa shape index (κ2) is 9.48. The Bertz CT molecular complexity index is 1340. The largest absolute Gasteiger partial charge is 0.325 e. The van der Waals surface area contributed by atoms with Crippen molar-refractivity contribution in [3.05, 3.63) is 74.3 Å². The molecule has 0 bridgehead atoms. The van der Waals surface area contributed by atoms with Gasteiger partial charge in [0.25, 0.3) is 5.56 Å². The van der Waals surface area contributed by atoms with Crippen LogP contribution in [0.15, 0.2) is 57.8 Å². The number of thioether (sulfide) groups is 1. The lowest BCUT2D eigenvalue weighted by Gasteiger charge is -2.08. The maximum absolute atomic E-state index is 12.8. The van der Waals surface area contributed by atoms with Crippen LogP contribution >= 0.6 is 34.7 Å². The van der Waals surface area contributed by atoms with Crippen molar-refractivity contribution in [2.75, 3.05) is 11.1 Å². The van der Waals surface area contributed by atoms with E-state index < -0.39 is 0 Å². The third-order valence-corrected chi connectivity index (χ3v) is 7.10. The molecule has 0 fully saturated rings. The topological polar surface area (TPSA) is 74.8 Å². The highest BCUT2D eigenvalue weighted by atomic mass is 35.5. The number of nitrogens with zero attached hydrogens (tertiary/aromatic N) is 1. The molecule has 4 aromatic rings. The van der Waals surface area contributed by atoms with Crippen molar-refractivity contribution in [3.63, 3.8) is 0 Å². The quantitative estimate of drug-likeness (QED) is 0.243. The van der Waals surface area contributed by atoms with Gasteiger partial charge >= 0.3 is 0 Å². The highest BCUT2D eigenvalue weighted by Gasteiger charge is 2.15. The summed E-state index contributed by atoms with van der Waals surface area (Å²) in [5, 5.41) is 6.37. The molecular weight excluding hydrogens is 462 g/mol. The lowest BCUT2D eigenvalue weighted by molar-refractivity contribution is -0.113. The van der Waals surface area contributed by atoms with E-state index in [0.717, 1.165) is 16.7 Å². The number of halogens is 1. The number of carbonyl (C=O) groups excluding carboxylic acids is 1. The predicted molar refractivity (Wildman–Crippen MR) is 135 cm³/mol. The molecule has 32 heavy (non-hydrogen) atoms. The number of rotatable bonds is 6. The number of aromatic nitrogens is 2. The Balaban J connectivity index is 1.51. The van der Waals surface area contributed by atoms with Crippen molar-refractivity contribution in [2.45, 2.75) is 31.8 Å². The first-order valence-corrected chi connectivity index (χ1v) is 12.4. The molecule has 0 unspecified atom stereocenters. The van der Waals surface area contributed by atoms with Crippen LogP contribution in [0.2, 0.25) is 5.02 Å². The number of aromatic amines is 1. The summed E-state index contributed by atoms with van der Waals surface area (Å²) in [6.45, 7) is 6.20. The summed E-state index contributed by atoms with van der Waals surface area (Å²) < 4.78 is 0. The number of carbonyl (C=O) groups is 1. The summed E-state index contributed by atoms with van der Waals surface area (Å²) in [5.41, 5.74) is 4.52. The van der Waals surface area contributed by atoms with Crippen molar-refractivity contribution in [2.24, 2.45) is 0 Å². The minimum Gasteiger partial charge on any atom is -0.325 e. The van der Waals surface area contributed by atoms with E-state index in [4.69, 9.17) is 11.6 Å². The first kappa shape index (κ1) is 22.6. The molecule has 2 heterocycles. The van der Waals surface area contributed by atoms with E-state index in [1.54, 1.807) is 12.1 Å². The number of nitrogens with one attached hydrogen (secondary N) is 2. The summed E-state index contributed by atoms with van der Waals surface area (Å²) in [6.07, 6.45) is 0. The molecule has 0 radical (unpaired) electrons. The maximum Gasteiger partial charge on any atom is 0.260 e. The van der Waals surface area contributed by atoms with Gasteiger partial charge < -0.3 is 10.3 Å². The molecule has 0 saturated heterocycles. The zero-order valence-electron chi connectivity index (χ0n) is 17.9. The predicted octanol–water partition coefficient (Wildman–Crippen LogP) is 6.47. The van der Waals surface area contributed by atoms with Gasteiger partial charge in [0.05, 0.1) is 11.1 Å². The second-order valence-electron chi connectivity index (χ2n) is 7.77. The molecule has 164 valence electrons. The van der Waals surface area contributed by atoms with Crippen LogP contribution in [0.5, 0.6) is 0 Å². The van der Waals surface area contributed by atoms with Gasteiger partial charge in [0.2, 0.25) is 5.91 Å². The molecule has 0 atom stereocenters. The van der Waals surface area contributed by atoms with E-state index in [-0.39, 0.29) is 17.2 Å². The van der Waals surface area contributed by atoms with Gasteiger partial charge in [0.15, 0.2) is 5.16 Å². The lowest BCUT2D eigenvalue weighted by Crippen LogP contribution is -2.16. The minimum atomic E-state index is -0.201.